The fourth-order valence-corrected chi connectivity index (χ4v) is 1.45. The van der Waals surface area contributed by atoms with Gasteiger partial charge in [0.25, 0.3) is 0 Å². The molecular weight excluding hydrogens is 162 g/mol. The zero-order valence-corrected chi connectivity index (χ0v) is 8.91. The zero-order chi connectivity index (χ0) is 9.84. The van der Waals surface area contributed by atoms with Crippen molar-refractivity contribution >= 4 is 5.69 Å². The van der Waals surface area contributed by atoms with Crippen LogP contribution in [-0.2, 0) is 7.05 Å². The fraction of sp³-hybridized carbons (Fsp3) is 0.700. The van der Waals surface area contributed by atoms with E-state index in [-0.39, 0.29) is 0 Å². The lowest BCUT2D eigenvalue weighted by Crippen LogP contribution is -2.24. The van der Waals surface area contributed by atoms with Gasteiger partial charge in [0.1, 0.15) is 0 Å². The lowest BCUT2D eigenvalue weighted by atomic mass is 10.0. The van der Waals surface area contributed by atoms with Crippen LogP contribution in [0.4, 0.5) is 5.69 Å². The van der Waals surface area contributed by atoms with Crippen LogP contribution in [-0.4, -0.2) is 15.8 Å². The minimum absolute atomic E-state index is 0.546. The lowest BCUT2D eigenvalue weighted by molar-refractivity contribution is 0.511. The lowest BCUT2D eigenvalue weighted by Gasteiger charge is -2.20. The molecule has 0 unspecified atom stereocenters. The average molecular weight is 181 g/mol. The van der Waals surface area contributed by atoms with E-state index < -0.39 is 0 Å². The van der Waals surface area contributed by atoms with Gasteiger partial charge in [-0.2, -0.15) is 5.10 Å². The highest BCUT2D eigenvalue weighted by Crippen LogP contribution is 2.13. The zero-order valence-electron chi connectivity index (χ0n) is 8.91. The first-order valence-electron chi connectivity index (χ1n) is 4.88. The van der Waals surface area contributed by atoms with E-state index in [0.29, 0.717) is 12.0 Å². The molecule has 0 aliphatic carbocycles. The molecule has 0 radical (unpaired) electrons. The van der Waals surface area contributed by atoms with Gasteiger partial charge in [0.05, 0.1) is 11.9 Å². The van der Waals surface area contributed by atoms with Crippen LogP contribution in [0.1, 0.15) is 27.2 Å². The third kappa shape index (κ3) is 2.76. The number of nitrogens with one attached hydrogen (secondary N) is 1. The monoisotopic (exact) mass is 181 g/mol. The molecule has 1 N–H and O–H groups in total. The molecule has 0 spiro atoms. The number of hydrogen-bond donors (Lipinski definition) is 1. The highest BCUT2D eigenvalue weighted by Gasteiger charge is 2.10. The second-order valence-electron chi connectivity index (χ2n) is 3.81. The Bertz CT molecular complexity index is 252. The molecule has 1 aromatic rings. The summed E-state index contributed by atoms with van der Waals surface area (Å²) < 4.78 is 1.81. The molecule has 1 rings (SSSR count). The number of rotatable bonds is 4. The van der Waals surface area contributed by atoms with E-state index in [1.54, 1.807) is 0 Å². The van der Waals surface area contributed by atoms with Gasteiger partial charge in [0.15, 0.2) is 0 Å². The quantitative estimate of drug-likeness (QED) is 0.772. The molecule has 74 valence electrons. The molecule has 0 amide bonds. The predicted octanol–water partition coefficient (Wildman–Crippen LogP) is 2.27. The Morgan fingerprint density at radius 3 is 2.62 bits per heavy atom. The first kappa shape index (κ1) is 10.1. The highest BCUT2D eigenvalue weighted by molar-refractivity contribution is 5.39. The van der Waals surface area contributed by atoms with Crippen LogP contribution in [0.5, 0.6) is 0 Å². The van der Waals surface area contributed by atoms with E-state index in [9.17, 15) is 0 Å². The molecule has 1 heterocycles. The van der Waals surface area contributed by atoms with Gasteiger partial charge in [0.2, 0.25) is 0 Å². The minimum atomic E-state index is 0.546. The van der Waals surface area contributed by atoms with E-state index in [1.165, 1.54) is 0 Å². The maximum Gasteiger partial charge on any atom is 0.0728 e. The van der Waals surface area contributed by atoms with Gasteiger partial charge >= 0.3 is 0 Å². The standard InChI is InChI=1S/C10H19N3/c1-5-10(8(2)3)12-9-6-11-13(4)7-9/h6-8,10,12H,5H2,1-4H3/t10-/m1/s1. The molecule has 0 saturated carbocycles. The first-order chi connectivity index (χ1) is 6.13. The second kappa shape index (κ2) is 4.30. The van der Waals surface area contributed by atoms with Crippen molar-refractivity contribution in [3.8, 4) is 0 Å². The van der Waals surface area contributed by atoms with Crippen molar-refractivity contribution in [2.45, 2.75) is 33.2 Å². The van der Waals surface area contributed by atoms with Crippen molar-refractivity contribution in [2.75, 3.05) is 5.32 Å². The van der Waals surface area contributed by atoms with Crippen LogP contribution in [0.3, 0.4) is 0 Å². The number of hydrogen-bond acceptors (Lipinski definition) is 2. The van der Waals surface area contributed by atoms with E-state index >= 15 is 0 Å². The van der Waals surface area contributed by atoms with Crippen LogP contribution in [0.25, 0.3) is 0 Å². The van der Waals surface area contributed by atoms with Gasteiger partial charge < -0.3 is 5.32 Å². The first-order valence-corrected chi connectivity index (χ1v) is 4.88. The molecule has 1 aromatic heterocycles. The molecule has 0 aliphatic rings. The molecule has 0 saturated heterocycles. The number of aryl methyl sites for hydroxylation is 1. The Morgan fingerprint density at radius 1 is 1.54 bits per heavy atom. The van der Waals surface area contributed by atoms with E-state index in [4.69, 9.17) is 0 Å². The van der Waals surface area contributed by atoms with Crippen molar-refractivity contribution in [3.05, 3.63) is 12.4 Å². The number of aromatic nitrogens is 2. The van der Waals surface area contributed by atoms with Gasteiger partial charge in [-0.25, -0.2) is 0 Å². The van der Waals surface area contributed by atoms with Crippen molar-refractivity contribution in [1.82, 2.24) is 9.78 Å². The third-order valence-electron chi connectivity index (χ3n) is 2.30. The SMILES string of the molecule is CC[C@@H](Nc1cnn(C)c1)C(C)C. The Balaban J connectivity index is 2.56. The van der Waals surface area contributed by atoms with Crippen molar-refractivity contribution in [3.63, 3.8) is 0 Å². The summed E-state index contributed by atoms with van der Waals surface area (Å²) in [6, 6.07) is 0.546. The molecular formula is C10H19N3. The van der Waals surface area contributed by atoms with Gasteiger partial charge in [-0.1, -0.05) is 20.8 Å². The van der Waals surface area contributed by atoms with Crippen molar-refractivity contribution in [2.24, 2.45) is 13.0 Å². The van der Waals surface area contributed by atoms with E-state index in [2.05, 4.69) is 31.2 Å². The Kier molecular flexibility index (Phi) is 3.34. The minimum Gasteiger partial charge on any atom is -0.380 e. The van der Waals surface area contributed by atoms with Crippen molar-refractivity contribution < 1.29 is 0 Å². The summed E-state index contributed by atoms with van der Waals surface area (Å²) in [6.45, 7) is 6.67. The molecule has 0 bridgehead atoms. The summed E-state index contributed by atoms with van der Waals surface area (Å²) in [5.74, 6) is 0.658. The van der Waals surface area contributed by atoms with Crippen LogP contribution >= 0.6 is 0 Å². The smallest absolute Gasteiger partial charge is 0.0728 e. The maximum atomic E-state index is 4.12. The molecule has 0 fully saturated rings. The topological polar surface area (TPSA) is 29.9 Å². The van der Waals surface area contributed by atoms with Crippen LogP contribution < -0.4 is 5.32 Å². The molecule has 3 nitrogen and oxygen atoms in total. The predicted molar refractivity (Wildman–Crippen MR) is 55.7 cm³/mol. The average Bonchev–Trinajstić information content (AvgIpc) is 2.46. The summed E-state index contributed by atoms with van der Waals surface area (Å²) in [6.07, 6.45) is 5.02. The van der Waals surface area contributed by atoms with Gasteiger partial charge in [-0.15, -0.1) is 0 Å². The second-order valence-corrected chi connectivity index (χ2v) is 3.81. The fourth-order valence-electron chi connectivity index (χ4n) is 1.45. The molecule has 0 aromatic carbocycles. The van der Waals surface area contributed by atoms with Gasteiger partial charge in [-0.3, -0.25) is 4.68 Å². The van der Waals surface area contributed by atoms with E-state index in [0.717, 1.165) is 12.1 Å². The van der Waals surface area contributed by atoms with Crippen LogP contribution in [0, 0.1) is 5.92 Å². The third-order valence-corrected chi connectivity index (χ3v) is 2.30. The number of nitrogens with zero attached hydrogens (tertiary/aromatic N) is 2. The summed E-state index contributed by atoms with van der Waals surface area (Å²) >= 11 is 0. The Labute approximate surface area is 80.1 Å². The summed E-state index contributed by atoms with van der Waals surface area (Å²) in [5.41, 5.74) is 1.11. The van der Waals surface area contributed by atoms with Crippen molar-refractivity contribution in [1.29, 1.82) is 0 Å². The van der Waals surface area contributed by atoms with Crippen LogP contribution in [0.15, 0.2) is 12.4 Å². The van der Waals surface area contributed by atoms with E-state index in [1.807, 2.05) is 24.1 Å². The Morgan fingerprint density at radius 2 is 2.23 bits per heavy atom. The molecule has 1 atom stereocenters. The maximum absolute atomic E-state index is 4.12. The number of anilines is 1. The summed E-state index contributed by atoms with van der Waals surface area (Å²) in [4.78, 5) is 0. The molecule has 0 aliphatic heterocycles. The molecule has 3 heteroatoms. The van der Waals surface area contributed by atoms with Gasteiger partial charge in [-0.05, 0) is 12.3 Å². The Hall–Kier alpha value is -0.990. The normalized spacial score (nSPS) is 13.3. The summed E-state index contributed by atoms with van der Waals surface area (Å²) in [5, 5.41) is 7.58. The summed E-state index contributed by atoms with van der Waals surface area (Å²) in [7, 11) is 1.93. The molecule has 13 heavy (non-hydrogen) atoms. The van der Waals surface area contributed by atoms with Gasteiger partial charge in [0, 0.05) is 19.3 Å². The van der Waals surface area contributed by atoms with Crippen LogP contribution in [0.2, 0.25) is 0 Å². The largest absolute Gasteiger partial charge is 0.380 e. The highest BCUT2D eigenvalue weighted by atomic mass is 15.3.